The van der Waals surface area contributed by atoms with Gasteiger partial charge in [-0.2, -0.15) is 18.3 Å². The third kappa shape index (κ3) is 2.81. The van der Waals surface area contributed by atoms with E-state index in [0.29, 0.717) is 10.6 Å². The Morgan fingerprint density at radius 3 is 2.67 bits per heavy atom. The first-order valence-corrected chi connectivity index (χ1v) is 5.43. The second-order valence-corrected chi connectivity index (χ2v) is 4.24. The molecule has 18 heavy (non-hydrogen) atoms. The first-order chi connectivity index (χ1) is 8.36. The molecule has 0 saturated carbocycles. The number of nitrogens with zero attached hydrogens (tertiary/aromatic N) is 2. The number of hydrogen-bond acceptors (Lipinski definition) is 2. The SMILES string of the molecule is O=C1CC(C(F)(F)F)=NN1Cc1cccc(Cl)c1. The maximum atomic E-state index is 12.4. The van der Waals surface area contributed by atoms with Gasteiger partial charge in [0.25, 0.3) is 0 Å². The van der Waals surface area contributed by atoms with E-state index in [-0.39, 0.29) is 6.54 Å². The molecule has 0 atom stereocenters. The number of hydrazone groups is 1. The number of rotatable bonds is 2. The predicted octanol–water partition coefficient (Wildman–Crippen LogP) is 2.99. The van der Waals surface area contributed by atoms with E-state index in [1.807, 2.05) is 0 Å². The molecule has 2 rings (SSSR count). The summed E-state index contributed by atoms with van der Waals surface area (Å²) in [4.78, 5) is 11.4. The van der Waals surface area contributed by atoms with Gasteiger partial charge in [-0.1, -0.05) is 23.7 Å². The van der Waals surface area contributed by atoms with Gasteiger partial charge in [-0.25, -0.2) is 5.01 Å². The number of carbonyl (C=O) groups excluding carboxylic acids is 1. The molecule has 1 heterocycles. The van der Waals surface area contributed by atoms with Crippen LogP contribution in [0.4, 0.5) is 13.2 Å². The molecule has 0 fully saturated rings. The fourth-order valence-corrected chi connectivity index (χ4v) is 1.77. The van der Waals surface area contributed by atoms with E-state index in [0.717, 1.165) is 5.01 Å². The van der Waals surface area contributed by atoms with Gasteiger partial charge in [0.15, 0.2) is 5.71 Å². The van der Waals surface area contributed by atoms with Crippen molar-refractivity contribution in [1.29, 1.82) is 0 Å². The normalized spacial score (nSPS) is 16.1. The van der Waals surface area contributed by atoms with Crippen LogP contribution >= 0.6 is 11.6 Å². The summed E-state index contributed by atoms with van der Waals surface area (Å²) in [5.74, 6) is -0.665. The summed E-state index contributed by atoms with van der Waals surface area (Å²) >= 11 is 5.75. The van der Waals surface area contributed by atoms with Crippen molar-refractivity contribution < 1.29 is 18.0 Å². The van der Waals surface area contributed by atoms with E-state index in [2.05, 4.69) is 5.10 Å². The van der Waals surface area contributed by atoms with Crippen molar-refractivity contribution in [3.05, 3.63) is 34.9 Å². The fourth-order valence-electron chi connectivity index (χ4n) is 1.56. The Morgan fingerprint density at radius 2 is 2.11 bits per heavy atom. The molecule has 0 aliphatic carbocycles. The lowest BCUT2D eigenvalue weighted by atomic mass is 10.2. The van der Waals surface area contributed by atoms with Gasteiger partial charge in [0.1, 0.15) is 0 Å². The minimum atomic E-state index is -4.56. The largest absolute Gasteiger partial charge is 0.431 e. The number of amides is 1. The van der Waals surface area contributed by atoms with Crippen LogP contribution in [0.25, 0.3) is 0 Å². The Labute approximate surface area is 106 Å². The Morgan fingerprint density at radius 1 is 1.39 bits per heavy atom. The van der Waals surface area contributed by atoms with E-state index in [1.54, 1.807) is 24.3 Å². The molecule has 0 spiro atoms. The van der Waals surface area contributed by atoms with Crippen molar-refractivity contribution in [2.75, 3.05) is 0 Å². The van der Waals surface area contributed by atoms with Crippen LogP contribution in [0, 0.1) is 0 Å². The van der Waals surface area contributed by atoms with Crippen LogP contribution in [0.5, 0.6) is 0 Å². The molecule has 1 aromatic carbocycles. The molecular formula is C11H8ClF3N2O. The average molecular weight is 277 g/mol. The molecule has 1 aliphatic heterocycles. The molecule has 0 N–H and O–H groups in total. The van der Waals surface area contributed by atoms with Crippen LogP contribution in [0.1, 0.15) is 12.0 Å². The second kappa shape index (κ2) is 4.61. The average Bonchev–Trinajstić information content (AvgIpc) is 2.60. The Kier molecular flexibility index (Phi) is 3.30. The molecule has 0 aromatic heterocycles. The number of alkyl halides is 3. The van der Waals surface area contributed by atoms with Crippen molar-refractivity contribution in [2.45, 2.75) is 19.1 Å². The smallest absolute Gasteiger partial charge is 0.273 e. The van der Waals surface area contributed by atoms with Gasteiger partial charge in [0, 0.05) is 5.02 Å². The third-order valence-electron chi connectivity index (χ3n) is 2.40. The van der Waals surface area contributed by atoms with E-state index in [4.69, 9.17) is 11.6 Å². The minimum Gasteiger partial charge on any atom is -0.273 e. The molecule has 3 nitrogen and oxygen atoms in total. The monoisotopic (exact) mass is 276 g/mol. The molecule has 1 aromatic rings. The van der Waals surface area contributed by atoms with Gasteiger partial charge < -0.3 is 0 Å². The minimum absolute atomic E-state index is 0.0149. The molecule has 7 heteroatoms. The highest BCUT2D eigenvalue weighted by molar-refractivity contribution is 6.30. The van der Waals surface area contributed by atoms with E-state index < -0.39 is 24.2 Å². The van der Waals surface area contributed by atoms with E-state index in [1.165, 1.54) is 0 Å². The molecular weight excluding hydrogens is 269 g/mol. The molecule has 0 unspecified atom stereocenters. The lowest BCUT2D eigenvalue weighted by molar-refractivity contribution is -0.129. The Balaban J connectivity index is 2.15. The fraction of sp³-hybridized carbons (Fsp3) is 0.273. The summed E-state index contributed by atoms with van der Waals surface area (Å²) < 4.78 is 37.1. The van der Waals surface area contributed by atoms with Crippen LogP contribution in [0.15, 0.2) is 29.4 Å². The summed E-state index contributed by atoms with van der Waals surface area (Å²) in [7, 11) is 0. The summed E-state index contributed by atoms with van der Waals surface area (Å²) in [6, 6.07) is 6.55. The van der Waals surface area contributed by atoms with Gasteiger partial charge in [-0.15, -0.1) is 0 Å². The standard InChI is InChI=1S/C11H8ClF3N2O/c12-8-3-1-2-7(4-8)6-17-10(18)5-9(16-17)11(13,14)15/h1-4H,5-6H2. The Hall–Kier alpha value is -1.56. The highest BCUT2D eigenvalue weighted by atomic mass is 35.5. The number of carbonyl (C=O) groups is 1. The zero-order valence-corrected chi connectivity index (χ0v) is 9.79. The molecule has 1 amide bonds. The maximum absolute atomic E-state index is 12.4. The highest BCUT2D eigenvalue weighted by Crippen LogP contribution is 2.25. The van der Waals surface area contributed by atoms with Crippen LogP contribution in [0.3, 0.4) is 0 Å². The first-order valence-electron chi connectivity index (χ1n) is 5.06. The number of benzene rings is 1. The highest BCUT2D eigenvalue weighted by Gasteiger charge is 2.42. The topological polar surface area (TPSA) is 32.7 Å². The van der Waals surface area contributed by atoms with Gasteiger partial charge in [-0.05, 0) is 17.7 Å². The summed E-state index contributed by atoms with van der Waals surface area (Å²) in [6.45, 7) is -0.0149. The number of hydrogen-bond donors (Lipinski definition) is 0. The van der Waals surface area contributed by atoms with Crippen LogP contribution in [-0.4, -0.2) is 22.8 Å². The van der Waals surface area contributed by atoms with Crippen molar-refractivity contribution in [1.82, 2.24) is 5.01 Å². The van der Waals surface area contributed by atoms with Gasteiger partial charge in [-0.3, -0.25) is 4.79 Å². The zero-order chi connectivity index (χ0) is 13.3. The van der Waals surface area contributed by atoms with Gasteiger partial charge in [0.2, 0.25) is 5.91 Å². The van der Waals surface area contributed by atoms with Crippen molar-refractivity contribution in [3.8, 4) is 0 Å². The van der Waals surface area contributed by atoms with Crippen LogP contribution < -0.4 is 0 Å². The molecule has 0 saturated heterocycles. The zero-order valence-electron chi connectivity index (χ0n) is 9.04. The first kappa shape index (κ1) is 12.9. The summed E-state index contributed by atoms with van der Waals surface area (Å²) in [5, 5.41) is 4.57. The maximum Gasteiger partial charge on any atom is 0.431 e. The van der Waals surface area contributed by atoms with Crippen molar-refractivity contribution in [2.24, 2.45) is 5.10 Å². The second-order valence-electron chi connectivity index (χ2n) is 3.80. The molecule has 0 radical (unpaired) electrons. The van der Waals surface area contributed by atoms with E-state index >= 15 is 0 Å². The lowest BCUT2D eigenvalue weighted by Crippen LogP contribution is -2.22. The van der Waals surface area contributed by atoms with E-state index in [9.17, 15) is 18.0 Å². The third-order valence-corrected chi connectivity index (χ3v) is 2.63. The lowest BCUT2D eigenvalue weighted by Gasteiger charge is -2.11. The van der Waals surface area contributed by atoms with Crippen LogP contribution in [-0.2, 0) is 11.3 Å². The quantitative estimate of drug-likeness (QED) is 0.817. The molecule has 96 valence electrons. The van der Waals surface area contributed by atoms with Crippen molar-refractivity contribution in [3.63, 3.8) is 0 Å². The Bertz CT molecular complexity index is 513. The van der Waals surface area contributed by atoms with Gasteiger partial charge >= 0.3 is 6.18 Å². The summed E-state index contributed by atoms with van der Waals surface area (Å²) in [6.07, 6.45) is -5.26. The predicted molar refractivity (Wildman–Crippen MR) is 60.1 cm³/mol. The van der Waals surface area contributed by atoms with Crippen molar-refractivity contribution >= 4 is 23.2 Å². The molecule has 0 bridgehead atoms. The summed E-state index contributed by atoms with van der Waals surface area (Å²) in [5.41, 5.74) is -0.433. The number of halogens is 4. The van der Waals surface area contributed by atoms with Gasteiger partial charge in [0.05, 0.1) is 13.0 Å². The molecule has 1 aliphatic rings. The van der Waals surface area contributed by atoms with Crippen LogP contribution in [0.2, 0.25) is 5.02 Å².